The normalized spacial score (nSPS) is 17.9. The topological polar surface area (TPSA) is 88.5 Å². The molecule has 1 unspecified atom stereocenters. The van der Waals surface area contributed by atoms with Gasteiger partial charge in [0.1, 0.15) is 16.2 Å². The van der Waals surface area contributed by atoms with Gasteiger partial charge >= 0.3 is 5.69 Å². The lowest BCUT2D eigenvalue weighted by molar-refractivity contribution is 0.476. The van der Waals surface area contributed by atoms with Gasteiger partial charge in [0.15, 0.2) is 5.13 Å². The van der Waals surface area contributed by atoms with Crippen LogP contribution >= 0.6 is 27.3 Å². The summed E-state index contributed by atoms with van der Waals surface area (Å²) in [6.07, 6.45) is 3.36. The molecule has 0 aliphatic carbocycles. The fourth-order valence-corrected chi connectivity index (χ4v) is 3.69. The van der Waals surface area contributed by atoms with Gasteiger partial charge < -0.3 is 5.32 Å². The van der Waals surface area contributed by atoms with Crippen LogP contribution < -0.4 is 11.0 Å². The number of nitrogens with zero attached hydrogens (tertiary/aromatic N) is 4. The van der Waals surface area contributed by atoms with Crippen LogP contribution in [0, 0.1) is 0 Å². The van der Waals surface area contributed by atoms with E-state index in [2.05, 4.69) is 41.4 Å². The van der Waals surface area contributed by atoms with E-state index in [0.29, 0.717) is 13.0 Å². The number of aromatic nitrogens is 5. The molecule has 0 radical (unpaired) electrons. The van der Waals surface area contributed by atoms with Crippen molar-refractivity contribution in [1.29, 1.82) is 0 Å². The molecule has 0 aromatic carbocycles. The van der Waals surface area contributed by atoms with Gasteiger partial charge in [-0.1, -0.05) is 11.3 Å². The lowest BCUT2D eigenvalue weighted by atomic mass is 10.1. The highest BCUT2D eigenvalue weighted by Gasteiger charge is 2.22. The molecule has 1 atom stereocenters. The van der Waals surface area contributed by atoms with E-state index in [1.807, 2.05) is 6.07 Å². The number of fused-ring (bicyclic) bond motifs is 2. The molecule has 0 spiro atoms. The zero-order valence-electron chi connectivity index (χ0n) is 10.8. The van der Waals surface area contributed by atoms with Crippen LogP contribution in [0.1, 0.15) is 12.2 Å². The summed E-state index contributed by atoms with van der Waals surface area (Å²) in [5, 5.41) is 10.8. The van der Waals surface area contributed by atoms with Gasteiger partial charge in [-0.05, 0) is 28.4 Å². The van der Waals surface area contributed by atoms with Crippen LogP contribution in [-0.2, 0) is 13.0 Å². The molecule has 9 heteroatoms. The van der Waals surface area contributed by atoms with Crippen LogP contribution in [0.15, 0.2) is 21.5 Å². The molecule has 0 saturated carbocycles. The lowest BCUT2D eigenvalue weighted by Gasteiger charge is -2.22. The zero-order chi connectivity index (χ0) is 14.4. The molecular weight excluding hydrogens is 356 g/mol. The number of hydrogen-bond acceptors (Lipinski definition) is 6. The van der Waals surface area contributed by atoms with Crippen molar-refractivity contribution in [3.8, 4) is 0 Å². The Bertz CT molecular complexity index is 868. The number of anilines is 1. The molecule has 108 valence electrons. The van der Waals surface area contributed by atoms with Crippen molar-refractivity contribution in [2.24, 2.45) is 0 Å². The Hall–Kier alpha value is -1.74. The molecule has 0 amide bonds. The average Bonchev–Trinajstić information content (AvgIpc) is 3.02. The summed E-state index contributed by atoms with van der Waals surface area (Å²) in [5.74, 6) is 0.797. The third-order valence-electron chi connectivity index (χ3n) is 3.51. The summed E-state index contributed by atoms with van der Waals surface area (Å²) < 4.78 is 2.61. The zero-order valence-corrected chi connectivity index (χ0v) is 13.2. The van der Waals surface area contributed by atoms with Crippen LogP contribution in [0.25, 0.3) is 10.3 Å². The van der Waals surface area contributed by atoms with E-state index < -0.39 is 0 Å². The van der Waals surface area contributed by atoms with Crippen LogP contribution in [-0.4, -0.2) is 30.8 Å². The molecule has 0 bridgehead atoms. The Balaban J connectivity index is 1.57. The molecule has 3 aromatic heterocycles. The van der Waals surface area contributed by atoms with Gasteiger partial charge in [-0.15, -0.1) is 0 Å². The highest BCUT2D eigenvalue weighted by Crippen LogP contribution is 2.27. The van der Waals surface area contributed by atoms with Gasteiger partial charge in [0.25, 0.3) is 0 Å². The summed E-state index contributed by atoms with van der Waals surface area (Å²) in [6, 6.07) is 2.19. The third kappa shape index (κ3) is 2.36. The third-order valence-corrected chi connectivity index (χ3v) is 4.85. The fourth-order valence-electron chi connectivity index (χ4n) is 2.50. The summed E-state index contributed by atoms with van der Waals surface area (Å²) in [7, 11) is 0. The van der Waals surface area contributed by atoms with Gasteiger partial charge in [-0.3, -0.25) is 4.57 Å². The molecule has 21 heavy (non-hydrogen) atoms. The van der Waals surface area contributed by atoms with Crippen LogP contribution in [0.4, 0.5) is 5.13 Å². The summed E-state index contributed by atoms with van der Waals surface area (Å²) >= 11 is 4.93. The van der Waals surface area contributed by atoms with E-state index in [1.165, 1.54) is 11.3 Å². The number of halogens is 1. The van der Waals surface area contributed by atoms with Crippen molar-refractivity contribution >= 4 is 42.7 Å². The Labute approximate surface area is 131 Å². The Morgan fingerprint density at radius 2 is 2.43 bits per heavy atom. The smallest absolute Gasteiger partial charge is 0.343 e. The van der Waals surface area contributed by atoms with Crippen molar-refractivity contribution in [2.45, 2.75) is 25.4 Å². The average molecular weight is 367 g/mol. The van der Waals surface area contributed by atoms with Crippen molar-refractivity contribution in [3.63, 3.8) is 0 Å². The van der Waals surface area contributed by atoms with Gasteiger partial charge in [0, 0.05) is 29.7 Å². The van der Waals surface area contributed by atoms with Crippen molar-refractivity contribution < 1.29 is 0 Å². The van der Waals surface area contributed by atoms with E-state index in [9.17, 15) is 4.79 Å². The second kappa shape index (κ2) is 4.92. The van der Waals surface area contributed by atoms with Gasteiger partial charge in [-0.25, -0.2) is 19.9 Å². The predicted octanol–water partition coefficient (Wildman–Crippen LogP) is 1.77. The number of aromatic amines is 1. The molecule has 4 rings (SSSR count). The van der Waals surface area contributed by atoms with Crippen molar-refractivity contribution in [3.05, 3.63) is 33.0 Å². The minimum Gasteiger partial charge on any atom is -0.358 e. The Kier molecular flexibility index (Phi) is 3.03. The van der Waals surface area contributed by atoms with Crippen LogP contribution in [0.5, 0.6) is 0 Å². The first kappa shape index (κ1) is 13.0. The van der Waals surface area contributed by atoms with E-state index >= 15 is 0 Å². The van der Waals surface area contributed by atoms with Crippen molar-refractivity contribution in [2.75, 3.05) is 5.32 Å². The van der Waals surface area contributed by atoms with Gasteiger partial charge in [0.2, 0.25) is 0 Å². The fraction of sp³-hybridized carbons (Fsp3) is 0.333. The van der Waals surface area contributed by atoms with Crippen LogP contribution in [0.3, 0.4) is 0 Å². The quantitative estimate of drug-likeness (QED) is 0.721. The molecule has 1 aliphatic heterocycles. The number of nitrogens with one attached hydrogen (secondary N) is 2. The molecule has 1 aliphatic rings. The minimum absolute atomic E-state index is 0.127. The molecule has 4 heterocycles. The minimum atomic E-state index is -0.127. The predicted molar refractivity (Wildman–Crippen MR) is 83.7 cm³/mol. The number of H-pyrrole nitrogens is 1. The lowest BCUT2D eigenvalue weighted by Crippen LogP contribution is -2.33. The van der Waals surface area contributed by atoms with Crippen molar-refractivity contribution in [1.82, 2.24) is 24.7 Å². The molecular formula is C12H11BrN6OS. The molecule has 0 saturated heterocycles. The monoisotopic (exact) mass is 366 g/mol. The van der Waals surface area contributed by atoms with Crippen LogP contribution in [0.2, 0.25) is 0 Å². The molecule has 7 nitrogen and oxygen atoms in total. The van der Waals surface area contributed by atoms with E-state index in [-0.39, 0.29) is 11.7 Å². The molecule has 0 fully saturated rings. The first-order valence-electron chi connectivity index (χ1n) is 6.52. The number of rotatable bonds is 2. The maximum absolute atomic E-state index is 11.5. The largest absolute Gasteiger partial charge is 0.358 e. The van der Waals surface area contributed by atoms with Gasteiger partial charge in [0.05, 0.1) is 0 Å². The SMILES string of the molecule is O=c1[nH]nc2n1CCC(Nc1nc3cc(Br)cnc3s1)C2. The Morgan fingerprint density at radius 1 is 1.52 bits per heavy atom. The summed E-state index contributed by atoms with van der Waals surface area (Å²) in [5.41, 5.74) is 0.752. The molecule has 2 N–H and O–H groups in total. The van der Waals surface area contributed by atoms with E-state index in [4.69, 9.17) is 0 Å². The number of pyridine rings is 1. The first-order valence-corrected chi connectivity index (χ1v) is 8.13. The number of hydrogen-bond donors (Lipinski definition) is 2. The highest BCUT2D eigenvalue weighted by atomic mass is 79.9. The number of thiazole rings is 1. The Morgan fingerprint density at radius 3 is 3.33 bits per heavy atom. The second-order valence-electron chi connectivity index (χ2n) is 4.93. The van der Waals surface area contributed by atoms with E-state index in [1.54, 1.807) is 10.8 Å². The molecule has 3 aromatic rings. The first-order chi connectivity index (χ1) is 10.2. The van der Waals surface area contributed by atoms with E-state index in [0.717, 1.165) is 32.2 Å². The maximum atomic E-state index is 11.5. The maximum Gasteiger partial charge on any atom is 0.343 e. The summed E-state index contributed by atoms with van der Waals surface area (Å²) in [4.78, 5) is 21.3. The van der Waals surface area contributed by atoms with Gasteiger partial charge in [-0.2, -0.15) is 5.10 Å². The second-order valence-corrected chi connectivity index (χ2v) is 6.82. The highest BCUT2D eigenvalue weighted by molar-refractivity contribution is 9.10. The standard InChI is InChI=1S/C12H11BrN6OS/c13-6-3-8-10(14-5-6)21-11(16-8)15-7-1-2-19-9(4-7)17-18-12(19)20/h3,5,7H,1-2,4H2,(H,15,16)(H,18,20). The summed E-state index contributed by atoms with van der Waals surface area (Å²) in [6.45, 7) is 0.678.